The van der Waals surface area contributed by atoms with Gasteiger partial charge in [-0.3, -0.25) is 0 Å². The highest BCUT2D eigenvalue weighted by Gasteiger charge is 2.25. The first-order valence-electron chi connectivity index (χ1n) is 20.0. The van der Waals surface area contributed by atoms with E-state index in [1.54, 1.807) is 0 Å². The lowest BCUT2D eigenvalue weighted by atomic mass is 9.63. The molecule has 0 bridgehead atoms. The number of para-hydroxylation sites is 1. The van der Waals surface area contributed by atoms with Gasteiger partial charge < -0.3 is 8.98 Å². The maximum Gasteiger partial charge on any atom is 0.164 e. The molecule has 13 heteroatoms. The predicted octanol–water partition coefficient (Wildman–Crippen LogP) is -2.40. The number of nitrogens with zero attached hydrogens (tertiary/aromatic N) is 4. The molecular weight excluding hydrogens is 699 g/mol. The Balaban J connectivity index is 1.18. The van der Waals surface area contributed by atoms with Gasteiger partial charge in [-0.05, 0) is 40.1 Å². The van der Waals surface area contributed by atoms with Crippen LogP contribution in [0.2, 0.25) is 0 Å². The van der Waals surface area contributed by atoms with Gasteiger partial charge in [0.2, 0.25) is 0 Å². The van der Waals surface area contributed by atoms with Crippen molar-refractivity contribution in [2.24, 2.45) is 0 Å². The summed E-state index contributed by atoms with van der Waals surface area (Å²) in [5, 5.41) is 4.80. The first-order valence-corrected chi connectivity index (χ1v) is 20.0. The first kappa shape index (κ1) is 36.0. The number of benzene rings is 7. The molecule has 3 heterocycles. The van der Waals surface area contributed by atoms with Crippen LogP contribution in [0, 0.1) is 0 Å². The molecule has 0 aliphatic carbocycles. The van der Waals surface area contributed by atoms with Crippen molar-refractivity contribution in [3.63, 3.8) is 0 Å². The Hall–Kier alpha value is -6.33. The van der Waals surface area contributed by atoms with Gasteiger partial charge in [0, 0.05) is 38.5 Å². The molecular formula is C45H36B8N4O. The van der Waals surface area contributed by atoms with Crippen LogP contribution < -0.4 is 43.7 Å². The van der Waals surface area contributed by atoms with Gasteiger partial charge in [0.05, 0.1) is 5.69 Å². The lowest BCUT2D eigenvalue weighted by Crippen LogP contribution is -2.49. The lowest BCUT2D eigenvalue weighted by Gasteiger charge is -2.17. The van der Waals surface area contributed by atoms with Gasteiger partial charge in [-0.25, -0.2) is 15.0 Å². The number of fused-ring (bicyclic) bond motifs is 6. The van der Waals surface area contributed by atoms with Crippen LogP contribution in [0.15, 0.2) is 126 Å². The lowest BCUT2D eigenvalue weighted by molar-refractivity contribution is 0.666. The molecule has 58 heavy (non-hydrogen) atoms. The highest BCUT2D eigenvalue weighted by atomic mass is 16.3. The van der Waals surface area contributed by atoms with Crippen molar-refractivity contribution < 1.29 is 4.42 Å². The molecule has 7 aromatic carbocycles. The summed E-state index contributed by atoms with van der Waals surface area (Å²) in [5.74, 6) is 1.84. The smallest absolute Gasteiger partial charge is 0.164 e. The standard InChI is InChI=1S/C45H36B8N4O/c46-32-30-31-33(47)35(49)37(51)39(53)41(31)57(40(30)38(52)36(50)34(32)48)28-13-7-12-27-26-19-18-25(20-29(26)58-42(27)28)45-55-43(23-10-5-2-6-11-23)54-44(56-45)24-16-14-22(15-17-24)21-8-3-1-4-9-21/h1-20H,46-53H2. The second kappa shape index (κ2) is 13.7. The number of hydrogen-bond donors (Lipinski definition) is 0. The second-order valence-electron chi connectivity index (χ2n) is 15.9. The fourth-order valence-electron chi connectivity index (χ4n) is 9.00. The molecule has 3 aromatic heterocycles. The molecule has 5 nitrogen and oxygen atoms in total. The summed E-state index contributed by atoms with van der Waals surface area (Å²) in [6.45, 7) is 0. The first-order chi connectivity index (χ1) is 28.1. The molecule has 0 saturated carbocycles. The summed E-state index contributed by atoms with van der Waals surface area (Å²) in [6, 6.07) is 41.8. The van der Waals surface area contributed by atoms with E-state index in [0.29, 0.717) is 17.5 Å². The van der Waals surface area contributed by atoms with Gasteiger partial charge >= 0.3 is 0 Å². The van der Waals surface area contributed by atoms with Gasteiger partial charge in [-0.2, -0.15) is 0 Å². The van der Waals surface area contributed by atoms with Crippen molar-refractivity contribution >= 4 is 150 Å². The third-order valence-corrected chi connectivity index (χ3v) is 12.9. The van der Waals surface area contributed by atoms with Crippen LogP contribution in [0.4, 0.5) is 0 Å². The fourth-order valence-corrected chi connectivity index (χ4v) is 9.00. The fraction of sp³-hybridized carbons (Fsp3) is 0. The van der Waals surface area contributed by atoms with Crippen molar-refractivity contribution in [3.05, 3.63) is 121 Å². The van der Waals surface area contributed by atoms with Crippen LogP contribution in [0.1, 0.15) is 0 Å². The van der Waals surface area contributed by atoms with E-state index in [2.05, 4.69) is 152 Å². The normalized spacial score (nSPS) is 11.7. The summed E-state index contributed by atoms with van der Waals surface area (Å²) in [4.78, 5) is 15.1. The third kappa shape index (κ3) is 5.47. The minimum Gasteiger partial charge on any atom is -0.454 e. The van der Waals surface area contributed by atoms with E-state index >= 15 is 0 Å². The Labute approximate surface area is 345 Å². The van der Waals surface area contributed by atoms with Crippen LogP contribution in [0.25, 0.3) is 94.7 Å². The molecule has 0 radical (unpaired) electrons. The van der Waals surface area contributed by atoms with Crippen LogP contribution in [-0.4, -0.2) is 82.3 Å². The molecule has 10 aromatic rings. The second-order valence-corrected chi connectivity index (χ2v) is 15.9. The monoisotopic (exact) mass is 736 g/mol. The minimum atomic E-state index is 0.592. The molecule has 0 unspecified atom stereocenters. The Morgan fingerprint density at radius 3 is 1.40 bits per heavy atom. The minimum absolute atomic E-state index is 0.592. The molecule has 0 aliphatic heterocycles. The molecule has 10 rings (SSSR count). The van der Waals surface area contributed by atoms with E-state index in [-0.39, 0.29) is 0 Å². The highest BCUT2D eigenvalue weighted by Crippen LogP contribution is 2.38. The third-order valence-electron chi connectivity index (χ3n) is 12.9. The van der Waals surface area contributed by atoms with Gasteiger partial charge in [0.15, 0.2) is 23.1 Å². The summed E-state index contributed by atoms with van der Waals surface area (Å²) in [5.41, 5.74) is 20.9. The molecule has 0 atom stereocenters. The molecule has 0 amide bonds. The SMILES string of the molecule is Bc1c(B)c(B)c2c(c1B)c1c(B)c(B)c(B)c(B)c1n2-c1cccc2c1oc1cc(-c3nc(-c4ccccc4)nc(-c4ccc(-c5ccccc5)cc4)n3)ccc12. The van der Waals surface area contributed by atoms with Crippen molar-refractivity contribution in [1.82, 2.24) is 19.5 Å². The molecule has 0 fully saturated rings. The zero-order chi connectivity index (χ0) is 40.0. The van der Waals surface area contributed by atoms with E-state index < -0.39 is 0 Å². The quantitative estimate of drug-likeness (QED) is 0.186. The number of furan rings is 1. The number of aromatic nitrogens is 4. The van der Waals surface area contributed by atoms with Gasteiger partial charge in [-0.1, -0.05) is 136 Å². The summed E-state index contributed by atoms with van der Waals surface area (Å²) < 4.78 is 9.50. The van der Waals surface area contributed by atoms with Crippen molar-refractivity contribution in [3.8, 4) is 51.0 Å². The molecule has 0 saturated heterocycles. The average molecular weight is 735 g/mol. The Morgan fingerprint density at radius 2 is 0.828 bits per heavy atom. The zero-order valence-electron chi connectivity index (χ0n) is 34.2. The number of rotatable bonds is 5. The van der Waals surface area contributed by atoms with Gasteiger partial charge in [0.25, 0.3) is 0 Å². The zero-order valence-corrected chi connectivity index (χ0v) is 34.2. The highest BCUT2D eigenvalue weighted by molar-refractivity contribution is 6.71. The molecule has 0 aliphatic rings. The average Bonchev–Trinajstić information content (AvgIpc) is 3.83. The molecule has 0 N–H and O–H groups in total. The van der Waals surface area contributed by atoms with E-state index in [9.17, 15) is 0 Å². The van der Waals surface area contributed by atoms with E-state index in [0.717, 1.165) is 49.9 Å². The Bertz CT molecular complexity index is 3240. The van der Waals surface area contributed by atoms with Gasteiger partial charge in [-0.15, -0.1) is 10.9 Å². The van der Waals surface area contributed by atoms with E-state index in [1.807, 2.05) is 36.4 Å². The summed E-state index contributed by atoms with van der Waals surface area (Å²) in [6.07, 6.45) is 0. The van der Waals surface area contributed by atoms with Crippen molar-refractivity contribution in [2.75, 3.05) is 0 Å². The molecule has 266 valence electrons. The van der Waals surface area contributed by atoms with Crippen LogP contribution in [-0.2, 0) is 0 Å². The van der Waals surface area contributed by atoms with E-state index in [4.69, 9.17) is 19.4 Å². The van der Waals surface area contributed by atoms with Crippen molar-refractivity contribution in [1.29, 1.82) is 0 Å². The van der Waals surface area contributed by atoms with Gasteiger partial charge in [0.1, 0.15) is 68.4 Å². The molecule has 0 spiro atoms. The predicted molar refractivity (Wildman–Crippen MR) is 269 cm³/mol. The Morgan fingerprint density at radius 1 is 0.379 bits per heavy atom. The Kier molecular flexibility index (Phi) is 8.49. The summed E-state index contributed by atoms with van der Waals surface area (Å²) in [7, 11) is 18.2. The number of hydrogen-bond acceptors (Lipinski definition) is 4. The van der Waals surface area contributed by atoms with Crippen LogP contribution >= 0.6 is 0 Å². The van der Waals surface area contributed by atoms with Crippen molar-refractivity contribution in [2.45, 2.75) is 0 Å². The maximum atomic E-state index is 7.01. The van der Waals surface area contributed by atoms with Crippen LogP contribution in [0.5, 0.6) is 0 Å². The van der Waals surface area contributed by atoms with E-state index in [1.165, 1.54) is 71.1 Å². The largest absolute Gasteiger partial charge is 0.454 e. The maximum absolute atomic E-state index is 7.01. The summed E-state index contributed by atoms with van der Waals surface area (Å²) >= 11 is 0. The van der Waals surface area contributed by atoms with Crippen LogP contribution in [0.3, 0.4) is 0 Å². The topological polar surface area (TPSA) is 56.7 Å².